The topological polar surface area (TPSA) is 127 Å². The second-order valence-electron chi connectivity index (χ2n) is 4.86. The van der Waals surface area contributed by atoms with Crippen LogP contribution in [0.1, 0.15) is 0 Å². The molecule has 0 saturated heterocycles. The van der Waals surface area contributed by atoms with Crippen LogP contribution in [0.3, 0.4) is 0 Å². The van der Waals surface area contributed by atoms with E-state index in [1.165, 1.54) is 26.7 Å². The number of anilines is 1. The molecule has 0 aliphatic carbocycles. The van der Waals surface area contributed by atoms with Crippen LogP contribution in [0.15, 0.2) is 36.6 Å². The first-order chi connectivity index (χ1) is 11.7. The van der Waals surface area contributed by atoms with Crippen molar-refractivity contribution in [3.63, 3.8) is 0 Å². The molecule has 0 aliphatic rings. The van der Waals surface area contributed by atoms with Crippen molar-refractivity contribution in [3.8, 4) is 23.0 Å². The Morgan fingerprint density at radius 3 is 2.54 bits per heavy atom. The average Bonchev–Trinajstić information content (AvgIpc) is 3.22. The van der Waals surface area contributed by atoms with Crippen LogP contribution in [-0.2, 0) is 0 Å². The molecule has 3 heterocycles. The number of nitrogens with zero attached hydrogens (tertiary/aromatic N) is 2. The van der Waals surface area contributed by atoms with Crippen molar-refractivity contribution in [1.82, 2.24) is 10.2 Å². The van der Waals surface area contributed by atoms with E-state index in [-0.39, 0.29) is 28.4 Å². The molecule has 0 spiro atoms. The number of nitrogen functional groups attached to an aromatic ring is 1. The monoisotopic (exact) mass is 329 g/mol. The van der Waals surface area contributed by atoms with Crippen molar-refractivity contribution >= 4 is 28.0 Å². The van der Waals surface area contributed by atoms with Crippen LogP contribution in [0.2, 0.25) is 0 Å². The molecule has 3 aromatic heterocycles. The number of aromatic nitrogens is 2. The number of benzene rings is 1. The van der Waals surface area contributed by atoms with Crippen molar-refractivity contribution in [1.29, 1.82) is 0 Å². The van der Waals surface area contributed by atoms with Gasteiger partial charge in [-0.15, -0.1) is 5.10 Å². The van der Waals surface area contributed by atoms with Crippen LogP contribution >= 0.6 is 0 Å². The number of nitrogens with two attached hydrogens (primary N) is 1. The predicted octanol–water partition coefficient (Wildman–Crippen LogP) is 2.19. The van der Waals surface area contributed by atoms with Crippen LogP contribution < -0.4 is 20.6 Å². The number of furan rings is 1. The minimum Gasteiger partial charge on any atom is -0.495 e. The second-order valence-corrected chi connectivity index (χ2v) is 4.86. The maximum atomic E-state index is 13.0. The first-order valence-corrected chi connectivity index (χ1v) is 6.81. The quantitative estimate of drug-likeness (QED) is 0.601. The number of hydrogen-bond acceptors (Lipinski definition) is 9. The Labute approximate surface area is 133 Å². The van der Waals surface area contributed by atoms with Gasteiger partial charge < -0.3 is 28.5 Å². The first-order valence-electron chi connectivity index (χ1n) is 6.81. The minimum absolute atomic E-state index is 0.0449. The molecule has 9 nitrogen and oxygen atoms in total. The summed E-state index contributed by atoms with van der Waals surface area (Å²) in [6.45, 7) is 0. The summed E-state index contributed by atoms with van der Waals surface area (Å²) < 4.78 is 26.9. The Bertz CT molecular complexity index is 1120. The molecule has 4 rings (SSSR count). The molecule has 0 saturated carbocycles. The van der Waals surface area contributed by atoms with E-state index in [0.29, 0.717) is 22.5 Å². The summed E-state index contributed by atoms with van der Waals surface area (Å²) >= 11 is 0. The van der Waals surface area contributed by atoms with Gasteiger partial charge in [0.05, 0.1) is 25.9 Å². The molecule has 9 heteroatoms. The van der Waals surface area contributed by atoms with E-state index < -0.39 is 5.43 Å². The fourth-order valence-electron chi connectivity index (χ4n) is 2.63. The van der Waals surface area contributed by atoms with Gasteiger partial charge in [0, 0.05) is 0 Å². The SMILES string of the molecule is COc1c2occc2c(OC)c2c(=O)c(-c3nnc(N)o3)coc12. The average molecular weight is 329 g/mol. The molecule has 0 atom stereocenters. The van der Waals surface area contributed by atoms with E-state index >= 15 is 0 Å². The Morgan fingerprint density at radius 2 is 1.88 bits per heavy atom. The van der Waals surface area contributed by atoms with Crippen molar-refractivity contribution in [3.05, 3.63) is 28.8 Å². The molecule has 1 aromatic carbocycles. The molecule has 2 N–H and O–H groups in total. The highest BCUT2D eigenvalue weighted by Gasteiger charge is 2.25. The number of ether oxygens (including phenoxy) is 2. The number of rotatable bonds is 3. The Morgan fingerprint density at radius 1 is 1.08 bits per heavy atom. The van der Waals surface area contributed by atoms with Crippen LogP contribution in [-0.4, -0.2) is 24.4 Å². The van der Waals surface area contributed by atoms with Crippen molar-refractivity contribution in [2.75, 3.05) is 20.0 Å². The molecule has 24 heavy (non-hydrogen) atoms. The Hall–Kier alpha value is -3.49. The molecule has 0 radical (unpaired) electrons. The lowest BCUT2D eigenvalue weighted by molar-refractivity contribution is 0.400. The molecule has 0 fully saturated rings. The van der Waals surface area contributed by atoms with Gasteiger partial charge >= 0.3 is 6.01 Å². The van der Waals surface area contributed by atoms with Gasteiger partial charge in [0.25, 0.3) is 5.89 Å². The molecule has 4 aromatic rings. The van der Waals surface area contributed by atoms with Gasteiger partial charge in [-0.25, -0.2) is 0 Å². The number of fused-ring (bicyclic) bond motifs is 2. The molecular weight excluding hydrogens is 318 g/mol. The summed E-state index contributed by atoms with van der Waals surface area (Å²) in [4.78, 5) is 13.0. The Balaban J connectivity index is 2.18. The van der Waals surface area contributed by atoms with Gasteiger partial charge in [0.15, 0.2) is 11.2 Å². The second kappa shape index (κ2) is 5.01. The predicted molar refractivity (Wildman–Crippen MR) is 83.1 cm³/mol. The summed E-state index contributed by atoms with van der Waals surface area (Å²) in [6, 6.07) is 1.52. The molecule has 0 bridgehead atoms. The zero-order valence-electron chi connectivity index (χ0n) is 12.7. The van der Waals surface area contributed by atoms with E-state index in [2.05, 4.69) is 10.2 Å². The summed E-state index contributed by atoms with van der Waals surface area (Å²) in [5, 5.41) is 8.01. The van der Waals surface area contributed by atoms with Gasteiger partial charge in [0.1, 0.15) is 23.0 Å². The standard InChI is InChI=1S/C15H11N3O6/c1-20-10-6-3-4-22-11(6)13(21-2)12-8(10)9(19)7(5-23-12)14-17-18-15(16)24-14/h3-5H,1-2H3,(H2,16,18). The normalized spacial score (nSPS) is 11.2. The lowest BCUT2D eigenvalue weighted by Crippen LogP contribution is -2.07. The summed E-state index contributed by atoms with van der Waals surface area (Å²) in [5.41, 5.74) is 5.67. The zero-order chi connectivity index (χ0) is 16.8. The highest BCUT2D eigenvalue weighted by molar-refractivity contribution is 6.07. The fraction of sp³-hybridized carbons (Fsp3) is 0.133. The molecule has 122 valence electrons. The molecule has 0 amide bonds. The van der Waals surface area contributed by atoms with Crippen molar-refractivity contribution < 1.29 is 22.7 Å². The van der Waals surface area contributed by atoms with Crippen molar-refractivity contribution in [2.24, 2.45) is 0 Å². The molecule has 0 unspecified atom stereocenters. The lowest BCUT2D eigenvalue weighted by Gasteiger charge is -2.10. The van der Waals surface area contributed by atoms with Gasteiger partial charge in [0.2, 0.25) is 11.2 Å². The largest absolute Gasteiger partial charge is 0.495 e. The number of methoxy groups -OCH3 is 2. The van der Waals surface area contributed by atoms with Gasteiger partial charge in [-0.3, -0.25) is 4.79 Å². The van der Waals surface area contributed by atoms with Crippen LogP contribution in [0.5, 0.6) is 11.5 Å². The van der Waals surface area contributed by atoms with Gasteiger partial charge in [-0.2, -0.15) is 0 Å². The number of hydrogen-bond donors (Lipinski definition) is 1. The van der Waals surface area contributed by atoms with E-state index in [4.69, 9.17) is 28.5 Å². The van der Waals surface area contributed by atoms with E-state index in [9.17, 15) is 4.79 Å². The zero-order valence-corrected chi connectivity index (χ0v) is 12.7. The fourth-order valence-corrected chi connectivity index (χ4v) is 2.63. The van der Waals surface area contributed by atoms with E-state index in [1.54, 1.807) is 6.07 Å². The van der Waals surface area contributed by atoms with E-state index in [1.807, 2.05) is 0 Å². The third-order valence-corrected chi connectivity index (χ3v) is 3.62. The highest BCUT2D eigenvalue weighted by atomic mass is 16.5. The Kier molecular flexibility index (Phi) is 2.95. The first kappa shape index (κ1) is 14.1. The maximum absolute atomic E-state index is 13.0. The van der Waals surface area contributed by atoms with Gasteiger partial charge in [-0.1, -0.05) is 5.10 Å². The smallest absolute Gasteiger partial charge is 0.313 e. The lowest BCUT2D eigenvalue weighted by atomic mass is 10.1. The van der Waals surface area contributed by atoms with Crippen LogP contribution in [0.4, 0.5) is 6.01 Å². The summed E-state index contributed by atoms with van der Waals surface area (Å²) in [7, 11) is 2.90. The summed E-state index contributed by atoms with van der Waals surface area (Å²) in [5.74, 6) is 0.550. The van der Waals surface area contributed by atoms with E-state index in [0.717, 1.165) is 0 Å². The summed E-state index contributed by atoms with van der Waals surface area (Å²) in [6.07, 6.45) is 2.67. The third kappa shape index (κ3) is 1.78. The molecule has 0 aliphatic heterocycles. The maximum Gasteiger partial charge on any atom is 0.313 e. The van der Waals surface area contributed by atoms with Crippen LogP contribution in [0.25, 0.3) is 33.4 Å². The highest BCUT2D eigenvalue weighted by Crippen LogP contribution is 2.42. The van der Waals surface area contributed by atoms with Crippen molar-refractivity contribution in [2.45, 2.75) is 0 Å². The van der Waals surface area contributed by atoms with Crippen LogP contribution in [0, 0.1) is 0 Å². The third-order valence-electron chi connectivity index (χ3n) is 3.62. The minimum atomic E-state index is -0.418. The van der Waals surface area contributed by atoms with Gasteiger partial charge in [-0.05, 0) is 6.07 Å². The molecular formula is C15H11N3O6.